The van der Waals surface area contributed by atoms with Gasteiger partial charge in [0.25, 0.3) is 0 Å². The highest BCUT2D eigenvalue weighted by atomic mass is 32.1. The molecule has 0 aliphatic heterocycles. The number of ether oxygens (including phenoxy) is 2. The molecule has 0 aliphatic rings. The first-order valence-electron chi connectivity index (χ1n) is 11.3. The molecule has 1 aromatic rings. The molecule has 0 aromatic carbocycles. The summed E-state index contributed by atoms with van der Waals surface area (Å²) in [5.41, 5.74) is -0.288. The van der Waals surface area contributed by atoms with Gasteiger partial charge < -0.3 is 19.2 Å². The number of hydrogen-bond acceptors (Lipinski definition) is 7. The Labute approximate surface area is 198 Å². The second-order valence-corrected chi connectivity index (χ2v) is 16.5. The van der Waals surface area contributed by atoms with Crippen LogP contribution in [0, 0.1) is 5.92 Å². The lowest BCUT2D eigenvalue weighted by molar-refractivity contribution is 0.0464. The third kappa shape index (κ3) is 8.82. The molecule has 1 rings (SSSR count). The van der Waals surface area contributed by atoms with Gasteiger partial charge in [-0.3, -0.25) is 0 Å². The molecule has 0 unspecified atom stereocenters. The number of nitrogens with one attached hydrogen (secondary N) is 1. The molecular formula is C23H42N2O5SSi. The Morgan fingerprint density at radius 1 is 1.16 bits per heavy atom. The maximum Gasteiger partial charge on any atom is 0.407 e. The zero-order valence-corrected chi connectivity index (χ0v) is 23.4. The first kappa shape index (κ1) is 28.6. The van der Waals surface area contributed by atoms with E-state index in [-0.39, 0.29) is 28.8 Å². The summed E-state index contributed by atoms with van der Waals surface area (Å²) >= 11 is 1.39. The summed E-state index contributed by atoms with van der Waals surface area (Å²) in [6.45, 7) is 22.6. The molecule has 7 nitrogen and oxygen atoms in total. The zero-order chi connectivity index (χ0) is 24.9. The number of aromatic nitrogens is 1. The zero-order valence-electron chi connectivity index (χ0n) is 21.6. The third-order valence-electron chi connectivity index (χ3n) is 5.50. The minimum Gasteiger partial charge on any atom is -0.461 e. The van der Waals surface area contributed by atoms with Crippen molar-refractivity contribution in [2.75, 3.05) is 6.61 Å². The highest BCUT2D eigenvalue weighted by Crippen LogP contribution is 2.41. The van der Waals surface area contributed by atoms with Crippen LogP contribution in [0.4, 0.5) is 4.79 Å². The van der Waals surface area contributed by atoms with E-state index in [9.17, 15) is 9.59 Å². The van der Waals surface area contributed by atoms with Gasteiger partial charge in [-0.15, -0.1) is 11.3 Å². The summed E-state index contributed by atoms with van der Waals surface area (Å²) in [6.07, 6.45) is -0.279. The van der Waals surface area contributed by atoms with Crippen molar-refractivity contribution in [1.29, 1.82) is 0 Å². The summed E-state index contributed by atoms with van der Waals surface area (Å²) in [5, 5.41) is 5.43. The van der Waals surface area contributed by atoms with E-state index in [4.69, 9.17) is 13.9 Å². The molecule has 0 bridgehead atoms. The van der Waals surface area contributed by atoms with Crippen LogP contribution in [0.5, 0.6) is 0 Å². The number of carbonyl (C=O) groups excluding carboxylic acids is 2. The van der Waals surface area contributed by atoms with Crippen LogP contribution in [-0.4, -0.2) is 43.6 Å². The standard InChI is InChI=1S/C23H42N2O5SSi/c1-12-28-20(26)17-14-31-19(24-17)18(30-32(10,11)23(7,8)9)13-16(15(2)3)25-21(27)29-22(4,5)6/h14-16,18H,12-13H2,1-11H3,(H,25,27)/t16-,18-/m1/s1. The van der Waals surface area contributed by atoms with Crippen molar-refractivity contribution in [3.63, 3.8) is 0 Å². The molecule has 9 heteroatoms. The first-order valence-corrected chi connectivity index (χ1v) is 15.1. The predicted molar refractivity (Wildman–Crippen MR) is 132 cm³/mol. The fourth-order valence-electron chi connectivity index (χ4n) is 2.65. The number of alkyl carbamates (subject to hydrolysis) is 1. The second-order valence-electron chi connectivity index (χ2n) is 10.9. The van der Waals surface area contributed by atoms with E-state index in [2.05, 4.69) is 58.0 Å². The molecule has 1 heterocycles. The van der Waals surface area contributed by atoms with Crippen molar-refractivity contribution >= 4 is 31.7 Å². The van der Waals surface area contributed by atoms with E-state index >= 15 is 0 Å². The number of thiazole rings is 1. The van der Waals surface area contributed by atoms with Crippen LogP contribution in [0.2, 0.25) is 18.1 Å². The number of hydrogen-bond donors (Lipinski definition) is 1. The van der Waals surface area contributed by atoms with Crippen LogP contribution in [-0.2, 0) is 13.9 Å². The van der Waals surface area contributed by atoms with E-state index < -0.39 is 26.0 Å². The van der Waals surface area contributed by atoms with Gasteiger partial charge in [-0.05, 0) is 58.2 Å². The molecule has 0 saturated heterocycles. The van der Waals surface area contributed by atoms with Gasteiger partial charge in [0, 0.05) is 11.4 Å². The van der Waals surface area contributed by atoms with E-state index in [0.717, 1.165) is 5.01 Å². The van der Waals surface area contributed by atoms with Crippen LogP contribution in [0.15, 0.2) is 5.38 Å². The van der Waals surface area contributed by atoms with E-state index in [0.29, 0.717) is 13.0 Å². The molecule has 1 aromatic heterocycles. The third-order valence-corrected chi connectivity index (χ3v) is 10.9. The van der Waals surface area contributed by atoms with Crippen molar-refractivity contribution < 1.29 is 23.5 Å². The van der Waals surface area contributed by atoms with Crippen LogP contribution >= 0.6 is 11.3 Å². The molecule has 32 heavy (non-hydrogen) atoms. The summed E-state index contributed by atoms with van der Waals surface area (Å²) in [7, 11) is -2.16. The van der Waals surface area contributed by atoms with Crippen LogP contribution in [0.25, 0.3) is 0 Å². The highest BCUT2D eigenvalue weighted by molar-refractivity contribution is 7.09. The fourth-order valence-corrected chi connectivity index (χ4v) is 4.84. The normalized spacial score (nSPS) is 14.8. The quantitative estimate of drug-likeness (QED) is 0.324. The topological polar surface area (TPSA) is 86.8 Å². The van der Waals surface area contributed by atoms with Gasteiger partial charge in [0.05, 0.1) is 12.7 Å². The van der Waals surface area contributed by atoms with Crippen molar-refractivity contribution in [1.82, 2.24) is 10.3 Å². The van der Waals surface area contributed by atoms with Gasteiger partial charge in [-0.1, -0.05) is 34.6 Å². The van der Waals surface area contributed by atoms with Gasteiger partial charge in [0.15, 0.2) is 14.0 Å². The maximum absolute atomic E-state index is 12.5. The fraction of sp³-hybridized carbons (Fsp3) is 0.783. The van der Waals surface area contributed by atoms with Crippen molar-refractivity contribution in [3.05, 3.63) is 16.1 Å². The molecule has 2 atom stereocenters. The summed E-state index contributed by atoms with van der Waals surface area (Å²) < 4.78 is 17.3. The SMILES string of the molecule is CCOC(=O)c1csc([C@@H](C[C@@H](NC(=O)OC(C)(C)C)C(C)C)O[Si](C)(C)C(C)(C)C)n1. The molecular weight excluding hydrogens is 444 g/mol. The molecule has 0 radical (unpaired) electrons. The highest BCUT2D eigenvalue weighted by Gasteiger charge is 2.41. The summed E-state index contributed by atoms with van der Waals surface area (Å²) in [5.74, 6) is -0.286. The van der Waals surface area contributed by atoms with E-state index in [1.807, 2.05) is 20.8 Å². The Kier molecular flexibility index (Phi) is 9.93. The van der Waals surface area contributed by atoms with Crippen molar-refractivity contribution in [3.8, 4) is 0 Å². The van der Waals surface area contributed by atoms with E-state index in [1.54, 1.807) is 12.3 Å². The number of carbonyl (C=O) groups is 2. The number of nitrogens with zero attached hydrogens (tertiary/aromatic N) is 1. The summed E-state index contributed by atoms with van der Waals surface area (Å²) in [6, 6.07) is -0.186. The molecule has 1 N–H and O–H groups in total. The molecule has 0 aliphatic carbocycles. The number of esters is 1. The first-order chi connectivity index (χ1) is 14.5. The second kappa shape index (κ2) is 11.1. The minimum absolute atomic E-state index is 0.00159. The monoisotopic (exact) mass is 486 g/mol. The van der Waals surface area contributed by atoms with Gasteiger partial charge in [0.2, 0.25) is 0 Å². The molecule has 0 saturated carbocycles. The Balaban J connectivity index is 3.21. The molecule has 184 valence electrons. The lowest BCUT2D eigenvalue weighted by Crippen LogP contribution is -2.45. The predicted octanol–water partition coefficient (Wildman–Crippen LogP) is 6.32. The van der Waals surface area contributed by atoms with Gasteiger partial charge in [0.1, 0.15) is 10.6 Å². The maximum atomic E-state index is 12.5. The molecule has 1 amide bonds. The smallest absolute Gasteiger partial charge is 0.407 e. The Morgan fingerprint density at radius 2 is 1.75 bits per heavy atom. The Bertz CT molecular complexity index is 765. The largest absolute Gasteiger partial charge is 0.461 e. The van der Waals surface area contributed by atoms with Crippen LogP contribution < -0.4 is 5.32 Å². The Morgan fingerprint density at radius 3 is 2.22 bits per heavy atom. The van der Waals surface area contributed by atoms with Crippen molar-refractivity contribution in [2.24, 2.45) is 5.92 Å². The van der Waals surface area contributed by atoms with Crippen LogP contribution in [0.3, 0.4) is 0 Å². The number of rotatable bonds is 9. The van der Waals surface area contributed by atoms with Gasteiger partial charge in [-0.25, -0.2) is 14.6 Å². The Hall–Kier alpha value is -1.45. The number of amides is 1. The van der Waals surface area contributed by atoms with Crippen molar-refractivity contribution in [2.45, 2.75) is 105 Å². The summed E-state index contributed by atoms with van der Waals surface area (Å²) in [4.78, 5) is 29.2. The lowest BCUT2D eigenvalue weighted by atomic mass is 9.98. The van der Waals surface area contributed by atoms with Crippen LogP contribution in [0.1, 0.15) is 90.3 Å². The average Bonchev–Trinajstić information content (AvgIpc) is 3.07. The minimum atomic E-state index is -2.16. The van der Waals surface area contributed by atoms with E-state index in [1.165, 1.54) is 11.3 Å². The van der Waals surface area contributed by atoms with Gasteiger partial charge in [-0.2, -0.15) is 0 Å². The molecule has 0 spiro atoms. The molecule has 0 fully saturated rings. The van der Waals surface area contributed by atoms with Gasteiger partial charge >= 0.3 is 12.1 Å². The lowest BCUT2D eigenvalue weighted by Gasteiger charge is -2.40. The average molecular weight is 487 g/mol.